The summed E-state index contributed by atoms with van der Waals surface area (Å²) < 4.78 is 7.71. The fourth-order valence-corrected chi connectivity index (χ4v) is 5.01. The lowest BCUT2D eigenvalue weighted by molar-refractivity contribution is -0.122. The van der Waals surface area contributed by atoms with Crippen LogP contribution in [-0.4, -0.2) is 52.4 Å². The lowest BCUT2D eigenvalue weighted by atomic mass is 9.95. The summed E-state index contributed by atoms with van der Waals surface area (Å²) in [6.07, 6.45) is 7.34. The van der Waals surface area contributed by atoms with Crippen molar-refractivity contribution in [3.8, 4) is 0 Å². The summed E-state index contributed by atoms with van der Waals surface area (Å²) in [5.41, 5.74) is 4.32. The van der Waals surface area contributed by atoms with Gasteiger partial charge in [-0.15, -0.1) is 0 Å². The fourth-order valence-electron chi connectivity index (χ4n) is 5.01. The molecule has 34 heavy (non-hydrogen) atoms. The molecule has 9 heteroatoms. The zero-order chi connectivity index (χ0) is 23.4. The zero-order valence-corrected chi connectivity index (χ0v) is 18.4. The number of hydrogen-bond acceptors (Lipinski definition) is 5. The number of para-hydroxylation sites is 1. The first-order chi connectivity index (χ1) is 16.6. The molecule has 170 valence electrons. The standard InChI is InChI=1S/C25H21N5O4/c1-26-25(33)29-7-5-14-3-2-4-16-18(13-30(9-8-29)21(14)16)20-19(23(31)28-24(20)32)17-12-27-11-15-6-10-34-22(15)17/h2-4,6,10-13H,5,7-9H2,1H3,(H,26,33)(H,28,31,32). The maximum atomic E-state index is 13.1. The second-order valence-electron chi connectivity index (χ2n) is 8.40. The van der Waals surface area contributed by atoms with E-state index in [0.29, 0.717) is 48.3 Å². The van der Waals surface area contributed by atoms with E-state index < -0.39 is 11.8 Å². The largest absolute Gasteiger partial charge is 0.464 e. The van der Waals surface area contributed by atoms with Crippen molar-refractivity contribution in [1.82, 2.24) is 25.1 Å². The molecule has 3 aromatic heterocycles. The number of carbonyl (C=O) groups is 3. The second-order valence-corrected chi connectivity index (χ2v) is 8.40. The number of benzene rings is 1. The first kappa shape index (κ1) is 20.2. The van der Waals surface area contributed by atoms with Crippen LogP contribution in [0.25, 0.3) is 33.0 Å². The van der Waals surface area contributed by atoms with Crippen LogP contribution in [0, 0.1) is 0 Å². The van der Waals surface area contributed by atoms with E-state index >= 15 is 0 Å². The van der Waals surface area contributed by atoms with Crippen molar-refractivity contribution in [2.24, 2.45) is 0 Å². The lowest BCUT2D eigenvalue weighted by Gasteiger charge is -2.25. The number of nitrogens with zero attached hydrogens (tertiary/aromatic N) is 3. The summed E-state index contributed by atoms with van der Waals surface area (Å²) in [6.45, 7) is 1.69. The summed E-state index contributed by atoms with van der Waals surface area (Å²) in [5, 5.41) is 6.79. The third kappa shape index (κ3) is 2.93. The summed E-state index contributed by atoms with van der Waals surface area (Å²) >= 11 is 0. The molecular weight excluding hydrogens is 434 g/mol. The number of pyridine rings is 1. The number of aromatic nitrogens is 2. The molecule has 0 saturated carbocycles. The Morgan fingerprint density at radius 3 is 2.71 bits per heavy atom. The van der Waals surface area contributed by atoms with Gasteiger partial charge in [-0.05, 0) is 18.1 Å². The van der Waals surface area contributed by atoms with Crippen LogP contribution in [0.2, 0.25) is 0 Å². The summed E-state index contributed by atoms with van der Waals surface area (Å²) in [4.78, 5) is 44.3. The SMILES string of the molecule is CNC(=O)N1CCc2cccc3c(C4=C(c5cncc6ccoc56)C(=O)NC4=O)cn(c23)CC1. The van der Waals surface area contributed by atoms with E-state index in [1.165, 1.54) is 6.26 Å². The molecule has 6 rings (SSSR count). The van der Waals surface area contributed by atoms with E-state index in [0.717, 1.165) is 21.9 Å². The molecule has 5 heterocycles. The number of furan rings is 1. The monoisotopic (exact) mass is 455 g/mol. The smallest absolute Gasteiger partial charge is 0.317 e. The molecule has 2 N–H and O–H groups in total. The maximum absolute atomic E-state index is 13.1. The Labute approximate surface area is 194 Å². The highest BCUT2D eigenvalue weighted by Gasteiger charge is 2.36. The lowest BCUT2D eigenvalue weighted by Crippen LogP contribution is -2.41. The van der Waals surface area contributed by atoms with Crippen molar-refractivity contribution in [2.45, 2.75) is 13.0 Å². The van der Waals surface area contributed by atoms with Crippen molar-refractivity contribution in [2.75, 3.05) is 20.1 Å². The van der Waals surface area contributed by atoms with Gasteiger partial charge in [0.05, 0.1) is 22.9 Å². The molecule has 0 radical (unpaired) electrons. The van der Waals surface area contributed by atoms with Gasteiger partial charge in [-0.2, -0.15) is 0 Å². The highest BCUT2D eigenvalue weighted by atomic mass is 16.3. The summed E-state index contributed by atoms with van der Waals surface area (Å²) in [5.74, 6) is -0.923. The quantitative estimate of drug-likeness (QED) is 0.452. The van der Waals surface area contributed by atoms with E-state index in [1.807, 2.05) is 24.4 Å². The van der Waals surface area contributed by atoms with Gasteiger partial charge in [0.15, 0.2) is 0 Å². The van der Waals surface area contributed by atoms with Crippen LogP contribution in [0.15, 0.2) is 53.5 Å². The highest BCUT2D eigenvalue weighted by molar-refractivity contribution is 6.50. The molecule has 0 spiro atoms. The molecule has 0 aliphatic carbocycles. The molecule has 0 saturated heterocycles. The summed E-state index contributed by atoms with van der Waals surface area (Å²) in [6, 6.07) is 7.61. The Morgan fingerprint density at radius 2 is 1.88 bits per heavy atom. The van der Waals surface area contributed by atoms with E-state index in [9.17, 15) is 14.4 Å². The fraction of sp³-hybridized carbons (Fsp3) is 0.200. The Balaban J connectivity index is 1.57. The van der Waals surface area contributed by atoms with E-state index in [1.54, 1.807) is 30.4 Å². The van der Waals surface area contributed by atoms with Crippen molar-refractivity contribution >= 4 is 50.9 Å². The van der Waals surface area contributed by atoms with Crippen LogP contribution in [0.5, 0.6) is 0 Å². The molecule has 4 amide bonds. The van der Waals surface area contributed by atoms with Crippen molar-refractivity contribution in [3.05, 3.63) is 65.8 Å². The first-order valence-corrected chi connectivity index (χ1v) is 11.1. The molecule has 0 atom stereocenters. The van der Waals surface area contributed by atoms with Crippen molar-refractivity contribution < 1.29 is 18.8 Å². The molecule has 0 fully saturated rings. The van der Waals surface area contributed by atoms with E-state index in [-0.39, 0.29) is 11.6 Å². The van der Waals surface area contributed by atoms with E-state index in [2.05, 4.69) is 20.2 Å². The van der Waals surface area contributed by atoms with Crippen molar-refractivity contribution in [1.29, 1.82) is 0 Å². The molecule has 9 nitrogen and oxygen atoms in total. The number of fused-ring (bicyclic) bond motifs is 1. The third-order valence-electron chi connectivity index (χ3n) is 6.57. The minimum Gasteiger partial charge on any atom is -0.464 e. The molecule has 2 aliphatic heterocycles. The Bertz CT molecular complexity index is 1540. The van der Waals surface area contributed by atoms with E-state index in [4.69, 9.17) is 4.42 Å². The summed E-state index contributed by atoms with van der Waals surface area (Å²) in [7, 11) is 1.62. The number of urea groups is 1. The minimum absolute atomic E-state index is 0.118. The topological polar surface area (TPSA) is 109 Å². The highest BCUT2D eigenvalue weighted by Crippen LogP contribution is 2.39. The normalized spacial score (nSPS) is 16.2. The van der Waals surface area contributed by atoms with Gasteiger partial charge in [0.2, 0.25) is 0 Å². The third-order valence-corrected chi connectivity index (χ3v) is 6.57. The van der Waals surface area contributed by atoms with Gasteiger partial charge in [0.25, 0.3) is 11.8 Å². The van der Waals surface area contributed by atoms with Crippen LogP contribution >= 0.6 is 0 Å². The molecule has 0 bridgehead atoms. The predicted octanol–water partition coefficient (Wildman–Crippen LogP) is 2.55. The Kier molecular flexibility index (Phi) is 4.51. The van der Waals surface area contributed by atoms with Crippen LogP contribution in [0.3, 0.4) is 0 Å². The van der Waals surface area contributed by atoms with Gasteiger partial charge in [0, 0.05) is 67.2 Å². The molecule has 0 unspecified atom stereocenters. The zero-order valence-electron chi connectivity index (χ0n) is 18.4. The van der Waals surface area contributed by atoms with Gasteiger partial charge in [-0.1, -0.05) is 18.2 Å². The van der Waals surface area contributed by atoms with Gasteiger partial charge in [-0.3, -0.25) is 19.9 Å². The minimum atomic E-state index is -0.474. The van der Waals surface area contributed by atoms with Gasteiger partial charge < -0.3 is 19.2 Å². The van der Waals surface area contributed by atoms with Crippen LogP contribution in [-0.2, 0) is 22.6 Å². The van der Waals surface area contributed by atoms with Crippen LogP contribution in [0.4, 0.5) is 4.79 Å². The molecular formula is C25H21N5O4. The molecule has 4 aromatic rings. The van der Waals surface area contributed by atoms with Gasteiger partial charge in [-0.25, -0.2) is 4.79 Å². The number of amides is 4. The number of hydrogen-bond donors (Lipinski definition) is 2. The number of rotatable bonds is 2. The van der Waals surface area contributed by atoms with Gasteiger partial charge in [0.1, 0.15) is 5.58 Å². The molecule has 1 aromatic carbocycles. The predicted molar refractivity (Wildman–Crippen MR) is 126 cm³/mol. The number of carbonyl (C=O) groups excluding carboxylic acids is 3. The second kappa shape index (κ2) is 7.58. The van der Waals surface area contributed by atoms with Crippen molar-refractivity contribution in [3.63, 3.8) is 0 Å². The Hall–Kier alpha value is -4.40. The van der Waals surface area contributed by atoms with Gasteiger partial charge >= 0.3 is 6.03 Å². The first-order valence-electron chi connectivity index (χ1n) is 11.1. The maximum Gasteiger partial charge on any atom is 0.317 e. The number of nitrogens with one attached hydrogen (secondary N) is 2. The van der Waals surface area contributed by atoms with Crippen LogP contribution in [0.1, 0.15) is 16.7 Å². The average Bonchev–Trinajstić information content (AvgIpc) is 3.52. The average molecular weight is 455 g/mol. The molecule has 2 aliphatic rings. The number of imide groups is 1. The van der Waals surface area contributed by atoms with Crippen LogP contribution < -0.4 is 10.6 Å². The Morgan fingerprint density at radius 1 is 1.06 bits per heavy atom.